The van der Waals surface area contributed by atoms with Crippen molar-refractivity contribution in [2.24, 2.45) is 0 Å². The molecule has 2 amide bonds. The lowest BCUT2D eigenvalue weighted by atomic mass is 10.2. The Morgan fingerprint density at radius 1 is 1.21 bits per heavy atom. The molecule has 0 bridgehead atoms. The molecule has 0 aliphatic carbocycles. The van der Waals surface area contributed by atoms with Crippen LogP contribution in [0.2, 0.25) is 0 Å². The summed E-state index contributed by atoms with van der Waals surface area (Å²) in [4.78, 5) is 25.5. The number of carbonyl (C=O) groups excluding carboxylic acids is 2. The van der Waals surface area contributed by atoms with Gasteiger partial charge in [0.05, 0.1) is 12.3 Å². The van der Waals surface area contributed by atoms with Crippen molar-refractivity contribution < 1.29 is 19.1 Å². The van der Waals surface area contributed by atoms with Gasteiger partial charge in [-0.15, -0.1) is 11.6 Å². The van der Waals surface area contributed by atoms with Gasteiger partial charge in [0.2, 0.25) is 5.91 Å². The van der Waals surface area contributed by atoms with E-state index in [4.69, 9.17) is 21.1 Å². The Balaban J connectivity index is 1.56. The van der Waals surface area contributed by atoms with Crippen molar-refractivity contribution in [1.82, 2.24) is 0 Å². The number of ether oxygens (including phenoxy) is 2. The molecule has 0 spiro atoms. The van der Waals surface area contributed by atoms with Gasteiger partial charge in [0.25, 0.3) is 5.91 Å². The van der Waals surface area contributed by atoms with E-state index in [0.717, 1.165) is 18.6 Å². The van der Waals surface area contributed by atoms with Crippen LogP contribution in [0.25, 0.3) is 0 Å². The van der Waals surface area contributed by atoms with Crippen LogP contribution in [0.5, 0.6) is 11.5 Å². The van der Waals surface area contributed by atoms with E-state index in [9.17, 15) is 9.59 Å². The number of alkyl halides is 1. The zero-order chi connectivity index (χ0) is 19.9. The average molecular weight is 403 g/mol. The number of halogens is 1. The van der Waals surface area contributed by atoms with Crippen LogP contribution in [0.15, 0.2) is 42.5 Å². The van der Waals surface area contributed by atoms with Crippen molar-refractivity contribution in [3.63, 3.8) is 0 Å². The lowest BCUT2D eigenvalue weighted by Gasteiger charge is -2.30. The molecule has 0 unspecified atom stereocenters. The minimum absolute atomic E-state index is 0.0141. The molecule has 0 atom stereocenters. The quantitative estimate of drug-likeness (QED) is 0.539. The maximum Gasteiger partial charge on any atom is 0.265 e. The molecule has 2 aromatic carbocycles. The fourth-order valence-electron chi connectivity index (χ4n) is 2.92. The second-order valence-electron chi connectivity index (χ2n) is 6.57. The first-order valence-electron chi connectivity index (χ1n) is 9.19. The van der Waals surface area contributed by atoms with Gasteiger partial charge in [-0.05, 0) is 50.1 Å². The standard InChI is InChI=1S/C21H23ClN2O4/c1-15-4-7-17(8-5-15)27-11-3-2-10-24-18-12-16(23-20(25)13-22)6-9-19(18)28-14-21(24)26/h4-9,12H,2-3,10-11,13-14H2,1H3,(H,23,25). The zero-order valence-electron chi connectivity index (χ0n) is 15.7. The molecule has 0 saturated carbocycles. The molecule has 1 aliphatic heterocycles. The van der Waals surface area contributed by atoms with Gasteiger partial charge < -0.3 is 19.7 Å². The van der Waals surface area contributed by atoms with E-state index in [1.807, 2.05) is 31.2 Å². The molecule has 0 fully saturated rings. The first kappa shape index (κ1) is 20.0. The zero-order valence-corrected chi connectivity index (χ0v) is 16.5. The third-order valence-electron chi connectivity index (χ3n) is 4.37. The Bertz CT molecular complexity index is 839. The van der Waals surface area contributed by atoms with Crippen LogP contribution >= 0.6 is 11.6 Å². The van der Waals surface area contributed by atoms with Gasteiger partial charge in [-0.3, -0.25) is 9.59 Å². The minimum atomic E-state index is -0.301. The molecule has 3 rings (SSSR count). The molecule has 1 aliphatic rings. The molecular formula is C21H23ClN2O4. The second kappa shape index (κ2) is 9.46. The highest BCUT2D eigenvalue weighted by Gasteiger charge is 2.25. The van der Waals surface area contributed by atoms with Crippen molar-refractivity contribution in [2.45, 2.75) is 19.8 Å². The number of hydrogen-bond acceptors (Lipinski definition) is 4. The van der Waals surface area contributed by atoms with E-state index in [1.165, 1.54) is 5.56 Å². The number of unbranched alkanes of at least 4 members (excludes halogenated alkanes) is 1. The van der Waals surface area contributed by atoms with Gasteiger partial charge in [0, 0.05) is 12.2 Å². The van der Waals surface area contributed by atoms with Crippen LogP contribution in [0.3, 0.4) is 0 Å². The third-order valence-corrected chi connectivity index (χ3v) is 4.62. The summed E-state index contributed by atoms with van der Waals surface area (Å²) in [6.07, 6.45) is 1.60. The Morgan fingerprint density at radius 2 is 2.00 bits per heavy atom. The van der Waals surface area contributed by atoms with Crippen LogP contribution in [0.1, 0.15) is 18.4 Å². The molecule has 0 radical (unpaired) electrons. The highest BCUT2D eigenvalue weighted by atomic mass is 35.5. The predicted molar refractivity (Wildman–Crippen MR) is 110 cm³/mol. The van der Waals surface area contributed by atoms with E-state index in [1.54, 1.807) is 23.1 Å². The van der Waals surface area contributed by atoms with E-state index in [2.05, 4.69) is 5.32 Å². The summed E-state index contributed by atoms with van der Waals surface area (Å²) in [5, 5.41) is 2.69. The second-order valence-corrected chi connectivity index (χ2v) is 6.83. The molecular weight excluding hydrogens is 380 g/mol. The first-order chi connectivity index (χ1) is 13.6. The number of rotatable bonds is 8. The van der Waals surface area contributed by atoms with Crippen LogP contribution < -0.4 is 19.7 Å². The normalized spacial score (nSPS) is 12.9. The monoisotopic (exact) mass is 402 g/mol. The summed E-state index contributed by atoms with van der Waals surface area (Å²) in [6.45, 7) is 3.19. The lowest BCUT2D eigenvalue weighted by Crippen LogP contribution is -2.39. The minimum Gasteiger partial charge on any atom is -0.494 e. The van der Waals surface area contributed by atoms with Crippen LogP contribution in [0, 0.1) is 6.92 Å². The van der Waals surface area contributed by atoms with Gasteiger partial charge in [-0.25, -0.2) is 0 Å². The molecule has 7 heteroatoms. The summed E-state index contributed by atoms with van der Waals surface area (Å²) in [7, 11) is 0. The van der Waals surface area contributed by atoms with Crippen LogP contribution in [0.4, 0.5) is 11.4 Å². The number of nitrogens with one attached hydrogen (secondary N) is 1. The Kier molecular flexibility index (Phi) is 6.76. The summed E-state index contributed by atoms with van der Waals surface area (Å²) < 4.78 is 11.2. The third kappa shape index (κ3) is 5.16. The Hall–Kier alpha value is -2.73. The number of nitrogens with zero attached hydrogens (tertiary/aromatic N) is 1. The van der Waals surface area contributed by atoms with Crippen LogP contribution in [-0.2, 0) is 9.59 Å². The molecule has 6 nitrogen and oxygen atoms in total. The number of fused-ring (bicyclic) bond motifs is 1. The van der Waals surface area contributed by atoms with E-state index < -0.39 is 0 Å². The highest BCUT2D eigenvalue weighted by Crippen LogP contribution is 2.34. The molecule has 2 aromatic rings. The lowest BCUT2D eigenvalue weighted by molar-refractivity contribution is -0.121. The van der Waals surface area contributed by atoms with Crippen LogP contribution in [-0.4, -0.2) is 37.5 Å². The van der Waals surface area contributed by atoms with Crippen molar-refractivity contribution in [1.29, 1.82) is 0 Å². The molecule has 0 saturated heterocycles. The number of carbonyl (C=O) groups is 2. The van der Waals surface area contributed by atoms with Gasteiger partial charge >= 0.3 is 0 Å². The van der Waals surface area contributed by atoms with Gasteiger partial charge in [-0.1, -0.05) is 17.7 Å². The number of amides is 2. The number of anilines is 2. The van der Waals surface area contributed by atoms with E-state index in [0.29, 0.717) is 30.3 Å². The van der Waals surface area contributed by atoms with Crippen molar-refractivity contribution in [3.05, 3.63) is 48.0 Å². The fourth-order valence-corrected chi connectivity index (χ4v) is 2.98. The summed E-state index contributed by atoms with van der Waals surface area (Å²) in [5.74, 6) is 0.937. The number of aryl methyl sites for hydroxylation is 1. The van der Waals surface area contributed by atoms with Gasteiger partial charge in [-0.2, -0.15) is 0 Å². The molecule has 1 N–H and O–H groups in total. The first-order valence-corrected chi connectivity index (χ1v) is 9.73. The SMILES string of the molecule is Cc1ccc(OCCCCN2C(=O)COc3ccc(NC(=O)CCl)cc32)cc1. The smallest absolute Gasteiger partial charge is 0.265 e. The summed E-state index contributed by atoms with van der Waals surface area (Å²) in [5.41, 5.74) is 2.43. The van der Waals surface area contributed by atoms with Gasteiger partial charge in [0.15, 0.2) is 6.61 Å². The van der Waals surface area contributed by atoms with E-state index >= 15 is 0 Å². The number of benzene rings is 2. The van der Waals surface area contributed by atoms with Crippen molar-refractivity contribution >= 4 is 34.8 Å². The van der Waals surface area contributed by atoms with Crippen molar-refractivity contribution in [3.8, 4) is 11.5 Å². The van der Waals surface area contributed by atoms with Gasteiger partial charge in [0.1, 0.15) is 17.4 Å². The van der Waals surface area contributed by atoms with Crippen molar-refractivity contribution in [2.75, 3.05) is 35.9 Å². The Labute approximate surface area is 169 Å². The molecule has 0 aromatic heterocycles. The summed E-state index contributed by atoms with van der Waals surface area (Å²) >= 11 is 5.53. The summed E-state index contributed by atoms with van der Waals surface area (Å²) in [6, 6.07) is 13.1. The van der Waals surface area contributed by atoms with E-state index in [-0.39, 0.29) is 24.3 Å². The molecule has 148 valence electrons. The largest absolute Gasteiger partial charge is 0.494 e. The fraction of sp³-hybridized carbons (Fsp3) is 0.333. The maximum absolute atomic E-state index is 12.3. The molecule has 28 heavy (non-hydrogen) atoms. The number of hydrogen-bond donors (Lipinski definition) is 1. The Morgan fingerprint density at radius 3 is 2.75 bits per heavy atom. The topological polar surface area (TPSA) is 67.9 Å². The maximum atomic E-state index is 12.3. The molecule has 1 heterocycles. The average Bonchev–Trinajstić information content (AvgIpc) is 2.70. The highest BCUT2D eigenvalue weighted by molar-refractivity contribution is 6.29. The predicted octanol–water partition coefficient (Wildman–Crippen LogP) is 3.76.